The number of unbranched alkanes of at least 4 members (excludes halogenated alkanes) is 1. The van der Waals surface area contributed by atoms with E-state index in [1.807, 2.05) is 54.6 Å². The summed E-state index contributed by atoms with van der Waals surface area (Å²) in [6.45, 7) is 2.15. The molecule has 2 N–H and O–H groups in total. The minimum Gasteiger partial charge on any atom is -0.298 e. The second-order valence-corrected chi connectivity index (χ2v) is 7.85. The number of carbonyl (C=O) groups excluding carboxylic acids is 1. The van der Waals surface area contributed by atoms with E-state index in [4.69, 9.17) is 0 Å². The van der Waals surface area contributed by atoms with E-state index in [0.29, 0.717) is 0 Å². The van der Waals surface area contributed by atoms with Crippen LogP contribution in [0.3, 0.4) is 0 Å². The Labute approximate surface area is 178 Å². The first-order valence-electron chi connectivity index (χ1n) is 10.7. The van der Waals surface area contributed by atoms with Gasteiger partial charge >= 0.3 is 0 Å². The third kappa shape index (κ3) is 4.02. The van der Waals surface area contributed by atoms with Crippen LogP contribution in [-0.2, 0) is 10.2 Å². The molecule has 0 radical (unpaired) electrons. The van der Waals surface area contributed by atoms with Gasteiger partial charge in [-0.05, 0) is 29.5 Å². The fraction of sp³-hybridized carbons (Fsp3) is 0.222. The lowest BCUT2D eigenvalue weighted by Gasteiger charge is -2.19. The normalized spacial score (nSPS) is 17.2. The summed E-state index contributed by atoms with van der Waals surface area (Å²) in [7, 11) is 0. The van der Waals surface area contributed by atoms with Gasteiger partial charge in [-0.25, -0.2) is 0 Å². The van der Waals surface area contributed by atoms with E-state index >= 15 is 0 Å². The van der Waals surface area contributed by atoms with Crippen LogP contribution in [0.5, 0.6) is 0 Å². The molecule has 1 fully saturated rings. The number of amides is 1. The number of nitrogens with one attached hydrogen (secondary N) is 2. The predicted molar refractivity (Wildman–Crippen MR) is 122 cm³/mol. The number of hydrazine groups is 1. The molecule has 4 rings (SSSR count). The van der Waals surface area contributed by atoms with Crippen molar-refractivity contribution < 1.29 is 4.79 Å². The molecule has 3 nitrogen and oxygen atoms in total. The summed E-state index contributed by atoms with van der Waals surface area (Å²) < 4.78 is 0. The number of allylic oxidation sites excluding steroid dienone is 1. The first-order chi connectivity index (χ1) is 14.8. The van der Waals surface area contributed by atoms with Gasteiger partial charge in [0.1, 0.15) is 0 Å². The van der Waals surface area contributed by atoms with Crippen LogP contribution >= 0.6 is 0 Å². The van der Waals surface area contributed by atoms with Crippen molar-refractivity contribution in [2.75, 3.05) is 0 Å². The minimum absolute atomic E-state index is 0.0287. The molecule has 1 amide bonds. The molecule has 3 aromatic carbocycles. The summed E-state index contributed by atoms with van der Waals surface area (Å²) in [6, 6.07) is 30.9. The lowest BCUT2D eigenvalue weighted by Crippen LogP contribution is -2.39. The van der Waals surface area contributed by atoms with Crippen molar-refractivity contribution in [3.05, 3.63) is 114 Å². The highest BCUT2D eigenvalue weighted by molar-refractivity contribution is 5.86. The summed E-state index contributed by atoms with van der Waals surface area (Å²) in [5.74, 6) is -0.0703. The number of hydrogen-bond donors (Lipinski definition) is 2. The van der Waals surface area contributed by atoms with Crippen LogP contribution in [0.4, 0.5) is 0 Å². The Kier molecular flexibility index (Phi) is 5.99. The third-order valence-electron chi connectivity index (χ3n) is 5.90. The fourth-order valence-corrected chi connectivity index (χ4v) is 4.22. The standard InChI is InChI=1S/C27H28N2O/c1-2-3-19-25(21-13-7-4-8-14-21)28-29-26(30)24-20-27(24,22-15-9-5-10-16-22)23-17-11-6-12-18-23/h4-19,24,28H,2-3,20H2,1H3,(H,29,30)/b25-19-/t24-/m1/s1. The molecule has 1 saturated carbocycles. The average molecular weight is 397 g/mol. The van der Waals surface area contributed by atoms with E-state index in [2.05, 4.69) is 60.2 Å². The van der Waals surface area contributed by atoms with Gasteiger partial charge < -0.3 is 0 Å². The van der Waals surface area contributed by atoms with E-state index in [-0.39, 0.29) is 17.2 Å². The van der Waals surface area contributed by atoms with Crippen LogP contribution in [0.15, 0.2) is 97.1 Å². The molecule has 3 aromatic rings. The van der Waals surface area contributed by atoms with Crippen LogP contribution in [-0.4, -0.2) is 5.91 Å². The number of carbonyl (C=O) groups is 1. The monoisotopic (exact) mass is 396 g/mol. The smallest absolute Gasteiger partial charge is 0.242 e. The molecule has 3 heteroatoms. The van der Waals surface area contributed by atoms with Gasteiger partial charge in [-0.1, -0.05) is 110 Å². The van der Waals surface area contributed by atoms with Crippen molar-refractivity contribution in [1.82, 2.24) is 10.9 Å². The second-order valence-electron chi connectivity index (χ2n) is 7.85. The van der Waals surface area contributed by atoms with Gasteiger partial charge in [0.15, 0.2) is 0 Å². The molecule has 1 aliphatic rings. The molecule has 1 atom stereocenters. The number of rotatable bonds is 8. The highest BCUT2D eigenvalue weighted by Crippen LogP contribution is 2.58. The Morgan fingerprint density at radius 3 is 1.93 bits per heavy atom. The van der Waals surface area contributed by atoms with Gasteiger partial charge in [-0.2, -0.15) is 0 Å². The summed E-state index contributed by atoms with van der Waals surface area (Å²) >= 11 is 0. The molecule has 0 aromatic heterocycles. The maximum absolute atomic E-state index is 13.2. The fourth-order valence-electron chi connectivity index (χ4n) is 4.22. The van der Waals surface area contributed by atoms with Gasteiger partial charge in [-0.15, -0.1) is 0 Å². The van der Waals surface area contributed by atoms with Crippen molar-refractivity contribution in [3.8, 4) is 0 Å². The number of hydrogen-bond acceptors (Lipinski definition) is 2. The van der Waals surface area contributed by atoms with E-state index in [9.17, 15) is 4.79 Å². The van der Waals surface area contributed by atoms with Crippen LogP contribution in [0.2, 0.25) is 0 Å². The molecule has 30 heavy (non-hydrogen) atoms. The Balaban J connectivity index is 1.53. The Bertz CT molecular complexity index is 957. The van der Waals surface area contributed by atoms with Gasteiger partial charge in [0.25, 0.3) is 0 Å². The maximum Gasteiger partial charge on any atom is 0.242 e. The first-order valence-corrected chi connectivity index (χ1v) is 10.7. The highest BCUT2D eigenvalue weighted by atomic mass is 16.2. The zero-order valence-electron chi connectivity index (χ0n) is 17.3. The predicted octanol–water partition coefficient (Wildman–Crippen LogP) is 5.45. The largest absolute Gasteiger partial charge is 0.298 e. The van der Waals surface area contributed by atoms with Crippen molar-refractivity contribution in [3.63, 3.8) is 0 Å². The first kappa shape index (κ1) is 20.0. The molecular weight excluding hydrogens is 368 g/mol. The molecule has 0 saturated heterocycles. The second kappa shape index (κ2) is 9.00. The van der Waals surface area contributed by atoms with E-state index in [1.165, 1.54) is 11.1 Å². The zero-order chi connectivity index (χ0) is 20.8. The van der Waals surface area contributed by atoms with Crippen LogP contribution < -0.4 is 10.9 Å². The molecule has 0 unspecified atom stereocenters. The highest BCUT2D eigenvalue weighted by Gasteiger charge is 2.60. The van der Waals surface area contributed by atoms with Crippen LogP contribution in [0.1, 0.15) is 42.9 Å². The molecular formula is C27H28N2O. The van der Waals surface area contributed by atoms with Crippen LogP contribution in [0, 0.1) is 5.92 Å². The van der Waals surface area contributed by atoms with Gasteiger partial charge in [0.2, 0.25) is 5.91 Å². The quantitative estimate of drug-likeness (QED) is 0.497. The van der Waals surface area contributed by atoms with E-state index in [0.717, 1.165) is 30.5 Å². The molecule has 152 valence electrons. The third-order valence-corrected chi connectivity index (χ3v) is 5.90. The summed E-state index contributed by atoms with van der Waals surface area (Å²) in [6.07, 6.45) is 4.96. The Morgan fingerprint density at radius 2 is 1.40 bits per heavy atom. The molecule has 1 aliphatic carbocycles. The van der Waals surface area contributed by atoms with Crippen molar-refractivity contribution >= 4 is 11.6 Å². The van der Waals surface area contributed by atoms with E-state index in [1.54, 1.807) is 0 Å². The van der Waals surface area contributed by atoms with Crippen LogP contribution in [0.25, 0.3) is 5.70 Å². The summed E-state index contributed by atoms with van der Waals surface area (Å²) in [4.78, 5) is 13.2. The topological polar surface area (TPSA) is 41.1 Å². The van der Waals surface area contributed by atoms with E-state index < -0.39 is 0 Å². The molecule has 0 aliphatic heterocycles. The Hall–Kier alpha value is -3.33. The lowest BCUT2D eigenvalue weighted by atomic mass is 9.85. The summed E-state index contributed by atoms with van der Waals surface area (Å²) in [5, 5.41) is 0. The summed E-state index contributed by atoms with van der Waals surface area (Å²) in [5.41, 5.74) is 10.3. The van der Waals surface area contributed by atoms with Gasteiger partial charge in [0, 0.05) is 5.41 Å². The van der Waals surface area contributed by atoms with Gasteiger partial charge in [-0.3, -0.25) is 15.6 Å². The van der Waals surface area contributed by atoms with Crippen molar-refractivity contribution in [1.29, 1.82) is 0 Å². The SMILES string of the molecule is CCC/C=C(\NNC(=O)[C@H]1CC1(c1ccccc1)c1ccccc1)c1ccccc1. The van der Waals surface area contributed by atoms with Crippen molar-refractivity contribution in [2.24, 2.45) is 5.92 Å². The maximum atomic E-state index is 13.2. The number of benzene rings is 3. The average Bonchev–Trinajstić information content (AvgIpc) is 3.58. The molecule has 0 spiro atoms. The Morgan fingerprint density at radius 1 is 0.867 bits per heavy atom. The van der Waals surface area contributed by atoms with Crippen molar-refractivity contribution in [2.45, 2.75) is 31.6 Å². The van der Waals surface area contributed by atoms with Gasteiger partial charge in [0.05, 0.1) is 11.6 Å². The molecule has 0 heterocycles. The molecule has 0 bridgehead atoms. The zero-order valence-corrected chi connectivity index (χ0v) is 17.3. The lowest BCUT2D eigenvalue weighted by molar-refractivity contribution is -0.123. The minimum atomic E-state index is -0.256.